The number of hydrogen-bond donors (Lipinski definition) is 0. The molecule has 0 atom stereocenters. The SMILES string of the molecule is CCOc1ccc2c(c1)c(=O)c(C(=O)c1ccccc1)cn2Cc1ccc(OC)cc1. The van der Waals surface area contributed by atoms with Gasteiger partial charge >= 0.3 is 0 Å². The highest BCUT2D eigenvalue weighted by atomic mass is 16.5. The molecule has 0 bridgehead atoms. The van der Waals surface area contributed by atoms with Gasteiger partial charge < -0.3 is 14.0 Å². The second kappa shape index (κ2) is 8.88. The van der Waals surface area contributed by atoms with Crippen LogP contribution in [0.3, 0.4) is 0 Å². The Morgan fingerprint density at radius 3 is 2.32 bits per heavy atom. The number of carbonyl (C=O) groups is 1. The minimum Gasteiger partial charge on any atom is -0.497 e. The molecule has 0 aliphatic rings. The van der Waals surface area contributed by atoms with Gasteiger partial charge in [0.25, 0.3) is 0 Å². The first kappa shape index (κ1) is 20.4. The molecule has 4 rings (SSSR count). The number of rotatable bonds is 7. The van der Waals surface area contributed by atoms with Crippen LogP contribution >= 0.6 is 0 Å². The summed E-state index contributed by atoms with van der Waals surface area (Å²) in [4.78, 5) is 26.4. The number of pyridine rings is 1. The fraction of sp³-hybridized carbons (Fsp3) is 0.154. The number of benzene rings is 3. The molecule has 0 fully saturated rings. The maximum absolute atomic E-state index is 13.3. The summed E-state index contributed by atoms with van der Waals surface area (Å²) in [5.74, 6) is 1.08. The lowest BCUT2D eigenvalue weighted by Crippen LogP contribution is -2.20. The summed E-state index contributed by atoms with van der Waals surface area (Å²) in [5, 5.41) is 0.459. The van der Waals surface area contributed by atoms with Gasteiger partial charge in [0.1, 0.15) is 11.5 Å². The Hall–Kier alpha value is -3.86. The molecule has 1 heterocycles. The molecule has 0 spiro atoms. The highest BCUT2D eigenvalue weighted by Crippen LogP contribution is 2.22. The molecule has 4 aromatic rings. The van der Waals surface area contributed by atoms with Crippen molar-refractivity contribution in [3.8, 4) is 11.5 Å². The second-order valence-electron chi connectivity index (χ2n) is 7.15. The van der Waals surface area contributed by atoms with Crippen LogP contribution in [0, 0.1) is 0 Å². The van der Waals surface area contributed by atoms with Gasteiger partial charge in [-0.2, -0.15) is 0 Å². The summed E-state index contributed by atoms with van der Waals surface area (Å²) in [6.07, 6.45) is 1.66. The Morgan fingerprint density at radius 1 is 0.935 bits per heavy atom. The summed E-state index contributed by atoms with van der Waals surface area (Å²) < 4.78 is 12.8. The van der Waals surface area contributed by atoms with Crippen LogP contribution in [0.5, 0.6) is 11.5 Å². The van der Waals surface area contributed by atoms with E-state index in [4.69, 9.17) is 9.47 Å². The predicted molar refractivity (Wildman–Crippen MR) is 121 cm³/mol. The lowest BCUT2D eigenvalue weighted by Gasteiger charge is -2.15. The van der Waals surface area contributed by atoms with E-state index in [1.54, 1.807) is 43.6 Å². The molecule has 0 N–H and O–H groups in total. The van der Waals surface area contributed by atoms with Crippen molar-refractivity contribution in [2.45, 2.75) is 13.5 Å². The van der Waals surface area contributed by atoms with Crippen molar-refractivity contribution < 1.29 is 14.3 Å². The van der Waals surface area contributed by atoms with E-state index < -0.39 is 0 Å². The summed E-state index contributed by atoms with van der Waals surface area (Å²) in [7, 11) is 1.63. The van der Waals surface area contributed by atoms with Gasteiger partial charge in [-0.3, -0.25) is 9.59 Å². The molecule has 0 radical (unpaired) electrons. The van der Waals surface area contributed by atoms with Crippen molar-refractivity contribution in [2.75, 3.05) is 13.7 Å². The van der Waals surface area contributed by atoms with Crippen LogP contribution in [0.15, 0.2) is 83.8 Å². The molecule has 156 valence electrons. The van der Waals surface area contributed by atoms with Gasteiger partial charge in [0.2, 0.25) is 5.43 Å². The summed E-state index contributed by atoms with van der Waals surface area (Å²) in [5.41, 5.74) is 2.10. The molecule has 5 nitrogen and oxygen atoms in total. The standard InChI is InChI=1S/C26H23NO4/c1-3-31-21-13-14-24-22(15-21)26(29)23(25(28)19-7-5-4-6-8-19)17-27(24)16-18-9-11-20(30-2)12-10-18/h4-15,17H,3,16H2,1-2H3. The number of ether oxygens (including phenoxy) is 2. The highest BCUT2D eigenvalue weighted by Gasteiger charge is 2.18. The Morgan fingerprint density at radius 2 is 1.65 bits per heavy atom. The van der Waals surface area contributed by atoms with Crippen LogP contribution in [-0.2, 0) is 6.54 Å². The molecule has 1 aromatic heterocycles. The van der Waals surface area contributed by atoms with Crippen LogP contribution in [0.4, 0.5) is 0 Å². The lowest BCUT2D eigenvalue weighted by atomic mass is 10.0. The van der Waals surface area contributed by atoms with Crippen LogP contribution in [0.2, 0.25) is 0 Å². The van der Waals surface area contributed by atoms with Crippen molar-refractivity contribution in [3.63, 3.8) is 0 Å². The number of ketones is 1. The highest BCUT2D eigenvalue weighted by molar-refractivity contribution is 6.10. The van der Waals surface area contributed by atoms with E-state index in [0.717, 1.165) is 16.8 Å². The lowest BCUT2D eigenvalue weighted by molar-refractivity contribution is 0.103. The molecule has 0 unspecified atom stereocenters. The molecule has 5 heteroatoms. The van der Waals surface area contributed by atoms with Gasteiger partial charge in [-0.25, -0.2) is 0 Å². The minimum atomic E-state index is -0.295. The van der Waals surface area contributed by atoms with Crippen molar-refractivity contribution in [1.29, 1.82) is 0 Å². The number of fused-ring (bicyclic) bond motifs is 1. The first-order valence-corrected chi connectivity index (χ1v) is 10.1. The zero-order valence-corrected chi connectivity index (χ0v) is 17.5. The van der Waals surface area contributed by atoms with E-state index in [0.29, 0.717) is 29.9 Å². The molecule has 31 heavy (non-hydrogen) atoms. The van der Waals surface area contributed by atoms with Crippen molar-refractivity contribution >= 4 is 16.7 Å². The topological polar surface area (TPSA) is 57.5 Å². The molecule has 0 saturated carbocycles. The van der Waals surface area contributed by atoms with Gasteiger partial charge in [0.15, 0.2) is 5.78 Å². The quantitative estimate of drug-likeness (QED) is 0.413. The third kappa shape index (κ3) is 4.21. The summed E-state index contributed by atoms with van der Waals surface area (Å²) in [6, 6.07) is 22.0. The van der Waals surface area contributed by atoms with Crippen LogP contribution in [-0.4, -0.2) is 24.1 Å². The largest absolute Gasteiger partial charge is 0.497 e. The Kier molecular flexibility index (Phi) is 5.85. The first-order valence-electron chi connectivity index (χ1n) is 10.1. The number of aromatic nitrogens is 1. The molecule has 0 aliphatic heterocycles. The van der Waals surface area contributed by atoms with Gasteiger partial charge in [-0.15, -0.1) is 0 Å². The molecular formula is C26H23NO4. The minimum absolute atomic E-state index is 0.140. The van der Waals surface area contributed by atoms with E-state index in [9.17, 15) is 9.59 Å². The third-order valence-corrected chi connectivity index (χ3v) is 5.16. The summed E-state index contributed by atoms with van der Waals surface area (Å²) in [6.45, 7) is 2.89. The van der Waals surface area contributed by atoms with Gasteiger partial charge in [-0.1, -0.05) is 42.5 Å². The van der Waals surface area contributed by atoms with Crippen LogP contribution in [0.1, 0.15) is 28.4 Å². The maximum atomic E-state index is 13.3. The molecule has 3 aromatic carbocycles. The normalized spacial score (nSPS) is 10.8. The maximum Gasteiger partial charge on any atom is 0.200 e. The molecule has 0 saturated heterocycles. The molecular weight excluding hydrogens is 390 g/mol. The van der Waals surface area contributed by atoms with Crippen LogP contribution in [0.25, 0.3) is 10.9 Å². The monoisotopic (exact) mass is 413 g/mol. The zero-order valence-electron chi connectivity index (χ0n) is 17.5. The van der Waals surface area contributed by atoms with E-state index in [2.05, 4.69) is 0 Å². The smallest absolute Gasteiger partial charge is 0.200 e. The van der Waals surface area contributed by atoms with Gasteiger partial charge in [0.05, 0.1) is 30.2 Å². The second-order valence-corrected chi connectivity index (χ2v) is 7.15. The van der Waals surface area contributed by atoms with E-state index in [-0.39, 0.29) is 16.8 Å². The predicted octanol–water partition coefficient (Wildman–Crippen LogP) is 4.69. The first-order chi connectivity index (χ1) is 15.1. The average molecular weight is 413 g/mol. The number of nitrogens with zero attached hydrogens (tertiary/aromatic N) is 1. The van der Waals surface area contributed by atoms with Crippen LogP contribution < -0.4 is 14.9 Å². The Balaban J connectivity index is 1.87. The van der Waals surface area contributed by atoms with Crippen molar-refractivity contribution in [1.82, 2.24) is 4.57 Å². The van der Waals surface area contributed by atoms with Crippen molar-refractivity contribution in [3.05, 3.63) is 106 Å². The van der Waals surface area contributed by atoms with Gasteiger partial charge in [-0.05, 0) is 42.8 Å². The Bertz CT molecular complexity index is 1270. The summed E-state index contributed by atoms with van der Waals surface area (Å²) >= 11 is 0. The third-order valence-electron chi connectivity index (χ3n) is 5.16. The molecule has 0 amide bonds. The van der Waals surface area contributed by atoms with Gasteiger partial charge in [0, 0.05) is 18.3 Å². The average Bonchev–Trinajstić information content (AvgIpc) is 2.82. The van der Waals surface area contributed by atoms with Crippen molar-refractivity contribution in [2.24, 2.45) is 0 Å². The molecule has 0 aliphatic carbocycles. The fourth-order valence-electron chi connectivity index (χ4n) is 3.60. The number of carbonyl (C=O) groups excluding carboxylic acids is 1. The number of methoxy groups -OCH3 is 1. The number of hydrogen-bond acceptors (Lipinski definition) is 4. The Labute approximate surface area is 180 Å². The van der Waals surface area contributed by atoms with E-state index in [1.165, 1.54) is 0 Å². The van der Waals surface area contributed by atoms with E-state index >= 15 is 0 Å². The fourth-order valence-corrected chi connectivity index (χ4v) is 3.60. The van der Waals surface area contributed by atoms with E-state index in [1.807, 2.05) is 54.0 Å². The zero-order chi connectivity index (χ0) is 21.8.